The molecule has 0 radical (unpaired) electrons. The van der Waals surface area contributed by atoms with Crippen molar-refractivity contribution in [2.75, 3.05) is 13.1 Å². The molecule has 1 aromatic carbocycles. The monoisotopic (exact) mass is 375 g/mol. The summed E-state index contributed by atoms with van der Waals surface area (Å²) in [6.07, 6.45) is 3.74. The summed E-state index contributed by atoms with van der Waals surface area (Å²) in [7, 11) is -3.37. The zero-order chi connectivity index (χ0) is 18.4. The largest absolute Gasteiger partial charge is 0.339 e. The predicted molar refractivity (Wildman–Crippen MR) is 98.1 cm³/mol. The van der Waals surface area contributed by atoms with Gasteiger partial charge in [0.05, 0.1) is 11.2 Å². The number of hydrogen-bond acceptors (Lipinski definition) is 5. The molecule has 7 heteroatoms. The van der Waals surface area contributed by atoms with Crippen LogP contribution in [0.15, 0.2) is 28.8 Å². The third-order valence-electron chi connectivity index (χ3n) is 5.92. The topological polar surface area (TPSA) is 76.3 Å². The molecule has 6 nitrogen and oxygen atoms in total. The number of benzene rings is 1. The fraction of sp³-hybridized carbons (Fsp3) is 0.579. The van der Waals surface area contributed by atoms with Crippen molar-refractivity contribution in [2.45, 2.75) is 50.7 Å². The highest BCUT2D eigenvalue weighted by Gasteiger charge is 2.55. The lowest BCUT2D eigenvalue weighted by Crippen LogP contribution is -2.36. The molecule has 1 aromatic heterocycles. The van der Waals surface area contributed by atoms with E-state index in [1.807, 2.05) is 38.1 Å². The molecule has 0 amide bonds. The molecule has 0 bridgehead atoms. The van der Waals surface area contributed by atoms with Gasteiger partial charge in [0.15, 0.2) is 5.82 Å². The Balaban J connectivity index is 1.58. The smallest absolute Gasteiger partial charge is 0.226 e. The van der Waals surface area contributed by atoms with Gasteiger partial charge in [-0.15, -0.1) is 0 Å². The van der Waals surface area contributed by atoms with Gasteiger partial charge in [-0.05, 0) is 31.2 Å². The zero-order valence-electron chi connectivity index (χ0n) is 15.3. The minimum atomic E-state index is -3.37. The number of sulfonamides is 1. The van der Waals surface area contributed by atoms with E-state index in [2.05, 4.69) is 10.1 Å². The maximum atomic E-state index is 13.0. The molecule has 2 heterocycles. The fourth-order valence-electron chi connectivity index (χ4n) is 4.41. The lowest BCUT2D eigenvalue weighted by molar-refractivity contribution is 0.329. The van der Waals surface area contributed by atoms with Gasteiger partial charge in [-0.1, -0.05) is 48.3 Å². The van der Waals surface area contributed by atoms with Gasteiger partial charge in [0.25, 0.3) is 0 Å². The van der Waals surface area contributed by atoms with Gasteiger partial charge in [-0.2, -0.15) is 4.98 Å². The molecule has 1 aliphatic heterocycles. The number of nitrogens with zero attached hydrogens (tertiary/aromatic N) is 3. The van der Waals surface area contributed by atoms with Gasteiger partial charge < -0.3 is 4.52 Å². The van der Waals surface area contributed by atoms with Crippen LogP contribution in [0, 0.1) is 12.8 Å². The number of aromatic nitrogens is 2. The van der Waals surface area contributed by atoms with Crippen LogP contribution in [0.2, 0.25) is 0 Å². The van der Waals surface area contributed by atoms with E-state index in [1.54, 1.807) is 4.31 Å². The predicted octanol–water partition coefficient (Wildman–Crippen LogP) is 2.82. The molecule has 0 spiro atoms. The minimum absolute atomic E-state index is 0.0442. The van der Waals surface area contributed by atoms with Crippen molar-refractivity contribution in [1.82, 2.24) is 14.4 Å². The first-order chi connectivity index (χ1) is 12.4. The second kappa shape index (κ2) is 6.46. The summed E-state index contributed by atoms with van der Waals surface area (Å²) in [5.41, 5.74) is 1.68. The van der Waals surface area contributed by atoms with Gasteiger partial charge >= 0.3 is 0 Å². The maximum absolute atomic E-state index is 13.0. The van der Waals surface area contributed by atoms with Gasteiger partial charge in [0, 0.05) is 19.5 Å². The maximum Gasteiger partial charge on any atom is 0.226 e. The number of hydrogen-bond donors (Lipinski definition) is 0. The van der Waals surface area contributed by atoms with Crippen LogP contribution in [-0.2, 0) is 27.6 Å². The van der Waals surface area contributed by atoms with Crippen molar-refractivity contribution >= 4 is 10.0 Å². The fourth-order valence-corrected chi connectivity index (χ4v) is 6.04. The van der Waals surface area contributed by atoms with Crippen molar-refractivity contribution in [3.63, 3.8) is 0 Å². The van der Waals surface area contributed by atoms with Gasteiger partial charge in [-0.3, -0.25) is 0 Å². The van der Waals surface area contributed by atoms with Crippen molar-refractivity contribution in [2.24, 2.45) is 5.92 Å². The van der Waals surface area contributed by atoms with E-state index in [1.165, 1.54) is 0 Å². The van der Waals surface area contributed by atoms with Crippen molar-refractivity contribution in [3.8, 4) is 0 Å². The molecule has 1 aliphatic carbocycles. The average Bonchev–Trinajstić information content (AvgIpc) is 3.29. The Morgan fingerprint density at radius 3 is 2.77 bits per heavy atom. The highest BCUT2D eigenvalue weighted by atomic mass is 32.2. The third-order valence-corrected chi connectivity index (χ3v) is 7.68. The molecule has 0 N–H and O–H groups in total. The van der Waals surface area contributed by atoms with E-state index in [-0.39, 0.29) is 17.1 Å². The molecule has 0 unspecified atom stereocenters. The Labute approximate surface area is 154 Å². The average molecular weight is 375 g/mol. The van der Waals surface area contributed by atoms with E-state index in [4.69, 9.17) is 4.52 Å². The van der Waals surface area contributed by atoms with Gasteiger partial charge in [0.2, 0.25) is 15.9 Å². The lowest BCUT2D eigenvalue weighted by Gasteiger charge is -2.24. The van der Waals surface area contributed by atoms with E-state index < -0.39 is 10.0 Å². The van der Waals surface area contributed by atoms with E-state index in [9.17, 15) is 8.42 Å². The molecule has 2 aliphatic rings. The molecule has 4 rings (SSSR count). The third kappa shape index (κ3) is 2.97. The van der Waals surface area contributed by atoms with Crippen molar-refractivity contribution < 1.29 is 12.9 Å². The molecule has 1 saturated heterocycles. The van der Waals surface area contributed by atoms with Gasteiger partial charge in [0.1, 0.15) is 0 Å². The molecule has 2 aromatic rings. The zero-order valence-corrected chi connectivity index (χ0v) is 16.1. The van der Waals surface area contributed by atoms with Crippen LogP contribution in [0.5, 0.6) is 0 Å². The normalized spacial score (nSPS) is 26.3. The SMILES string of the molecule is CCc1nc([C@@]23CCC[C@@H]2CN(S(=O)(=O)Cc2ccc(C)cc2)C3)no1. The summed E-state index contributed by atoms with van der Waals surface area (Å²) < 4.78 is 33.0. The van der Waals surface area contributed by atoms with Crippen LogP contribution in [0.3, 0.4) is 0 Å². The Morgan fingerprint density at radius 1 is 1.31 bits per heavy atom. The molecule has 2 fully saturated rings. The Bertz CT molecular complexity index is 891. The summed E-state index contributed by atoms with van der Waals surface area (Å²) in [6.45, 7) is 5.01. The summed E-state index contributed by atoms with van der Waals surface area (Å²) in [5.74, 6) is 1.64. The first-order valence-corrected chi connectivity index (χ1v) is 10.9. The van der Waals surface area contributed by atoms with Crippen LogP contribution < -0.4 is 0 Å². The molecule has 140 valence electrons. The van der Waals surface area contributed by atoms with E-state index in [0.717, 1.165) is 30.4 Å². The van der Waals surface area contributed by atoms with Crippen LogP contribution in [0.4, 0.5) is 0 Å². The van der Waals surface area contributed by atoms with Crippen LogP contribution in [0.1, 0.15) is 49.0 Å². The van der Waals surface area contributed by atoms with Crippen LogP contribution in [-0.4, -0.2) is 36.0 Å². The lowest BCUT2D eigenvalue weighted by atomic mass is 9.80. The molecule has 26 heavy (non-hydrogen) atoms. The molecular weight excluding hydrogens is 350 g/mol. The summed E-state index contributed by atoms with van der Waals surface area (Å²) >= 11 is 0. The van der Waals surface area contributed by atoms with Crippen molar-refractivity contribution in [3.05, 3.63) is 47.1 Å². The standard InChI is InChI=1S/C19H25N3O3S/c1-3-17-20-18(21-25-17)19-10-4-5-16(19)11-22(13-19)26(23,24)12-15-8-6-14(2)7-9-15/h6-9,16H,3-5,10-13H2,1-2H3/t16-,19-/m1/s1. The summed E-state index contributed by atoms with van der Waals surface area (Å²) in [5, 5.41) is 4.21. The highest BCUT2D eigenvalue weighted by Crippen LogP contribution is 2.50. The van der Waals surface area contributed by atoms with E-state index in [0.29, 0.717) is 31.2 Å². The second-order valence-electron chi connectivity index (χ2n) is 7.64. The highest BCUT2D eigenvalue weighted by molar-refractivity contribution is 7.88. The summed E-state index contributed by atoms with van der Waals surface area (Å²) in [6, 6.07) is 7.70. The summed E-state index contributed by atoms with van der Waals surface area (Å²) in [4.78, 5) is 4.56. The number of fused-ring (bicyclic) bond motifs is 1. The van der Waals surface area contributed by atoms with Crippen molar-refractivity contribution in [1.29, 1.82) is 0 Å². The van der Waals surface area contributed by atoms with Gasteiger partial charge in [-0.25, -0.2) is 12.7 Å². The number of rotatable bonds is 5. The van der Waals surface area contributed by atoms with Crippen LogP contribution in [0.25, 0.3) is 0 Å². The Morgan fingerprint density at radius 2 is 2.08 bits per heavy atom. The molecular formula is C19H25N3O3S. The first kappa shape index (κ1) is 17.7. The number of aryl methyl sites for hydroxylation is 2. The Kier molecular flexibility index (Phi) is 4.39. The quantitative estimate of drug-likeness (QED) is 0.803. The van der Waals surface area contributed by atoms with E-state index >= 15 is 0 Å². The second-order valence-corrected chi connectivity index (χ2v) is 9.61. The molecule has 1 saturated carbocycles. The Hall–Kier alpha value is -1.73. The van der Waals surface area contributed by atoms with Crippen LogP contribution >= 0.6 is 0 Å². The molecule has 2 atom stereocenters. The minimum Gasteiger partial charge on any atom is -0.339 e. The first-order valence-electron chi connectivity index (χ1n) is 9.29.